The predicted molar refractivity (Wildman–Crippen MR) is 74.3 cm³/mol. The summed E-state index contributed by atoms with van der Waals surface area (Å²) in [7, 11) is -3.38. The van der Waals surface area contributed by atoms with Gasteiger partial charge in [-0.15, -0.1) is 0 Å². The molecule has 2 aromatic rings. The predicted octanol–water partition coefficient (Wildman–Crippen LogP) is 2.88. The Bertz CT molecular complexity index is 620. The van der Waals surface area contributed by atoms with E-state index in [1.54, 1.807) is 0 Å². The first-order valence-electron chi connectivity index (χ1n) is 6.13. The van der Waals surface area contributed by atoms with E-state index in [-0.39, 0.29) is 11.6 Å². The van der Waals surface area contributed by atoms with Gasteiger partial charge in [0, 0.05) is 0 Å². The molecule has 0 fully saturated rings. The van der Waals surface area contributed by atoms with Gasteiger partial charge in [-0.25, -0.2) is 8.42 Å². The lowest BCUT2D eigenvalue weighted by molar-refractivity contribution is 0.435. The Morgan fingerprint density at radius 1 is 1.26 bits per heavy atom. The molecule has 0 spiro atoms. The van der Waals surface area contributed by atoms with Crippen molar-refractivity contribution < 1.29 is 12.9 Å². The van der Waals surface area contributed by atoms with Gasteiger partial charge >= 0.3 is 0 Å². The number of rotatable bonds is 6. The summed E-state index contributed by atoms with van der Waals surface area (Å²) >= 11 is 0. The van der Waals surface area contributed by atoms with Gasteiger partial charge in [0.25, 0.3) is 0 Å². The number of aromatic nitrogens is 1. The Balaban J connectivity index is 2.22. The molecule has 0 saturated heterocycles. The van der Waals surface area contributed by atoms with Crippen LogP contribution < -0.4 is 4.72 Å². The van der Waals surface area contributed by atoms with Crippen molar-refractivity contribution in [2.75, 3.05) is 10.5 Å². The maximum atomic E-state index is 11.8. The monoisotopic (exact) mass is 280 g/mol. The van der Waals surface area contributed by atoms with Crippen molar-refractivity contribution in [1.82, 2.24) is 5.16 Å². The fourth-order valence-corrected chi connectivity index (χ4v) is 2.86. The quantitative estimate of drug-likeness (QED) is 0.883. The lowest BCUT2D eigenvalue weighted by Gasteiger charge is -2.06. The summed E-state index contributed by atoms with van der Waals surface area (Å²) in [6.07, 6.45) is 2.94. The lowest BCUT2D eigenvalue weighted by atomic mass is 10.1. The molecule has 2 rings (SSSR count). The second kappa shape index (κ2) is 5.88. The van der Waals surface area contributed by atoms with E-state index in [2.05, 4.69) is 9.88 Å². The van der Waals surface area contributed by atoms with Crippen molar-refractivity contribution in [2.24, 2.45) is 0 Å². The molecule has 0 aliphatic carbocycles. The van der Waals surface area contributed by atoms with Gasteiger partial charge in [-0.05, 0) is 12.0 Å². The van der Waals surface area contributed by atoms with Crippen molar-refractivity contribution in [3.05, 3.63) is 36.5 Å². The maximum absolute atomic E-state index is 11.8. The Morgan fingerprint density at radius 2 is 2.00 bits per heavy atom. The first kappa shape index (κ1) is 13.6. The summed E-state index contributed by atoms with van der Waals surface area (Å²) in [5, 5.41) is 3.66. The van der Waals surface area contributed by atoms with Crippen LogP contribution in [0.3, 0.4) is 0 Å². The Morgan fingerprint density at radius 3 is 2.68 bits per heavy atom. The van der Waals surface area contributed by atoms with E-state index in [1.165, 1.54) is 6.20 Å². The Hall–Kier alpha value is -1.82. The number of nitrogens with zero attached hydrogens (tertiary/aromatic N) is 1. The van der Waals surface area contributed by atoms with Crippen LogP contribution in [-0.2, 0) is 10.0 Å². The van der Waals surface area contributed by atoms with Crippen molar-refractivity contribution >= 4 is 15.9 Å². The van der Waals surface area contributed by atoms with Crippen LogP contribution in [0.4, 0.5) is 5.88 Å². The van der Waals surface area contributed by atoms with E-state index in [0.717, 1.165) is 12.0 Å². The average Bonchev–Trinajstić information content (AvgIpc) is 2.85. The molecule has 1 N–H and O–H groups in total. The molecular formula is C13H16N2O3S. The second-order valence-corrected chi connectivity index (χ2v) is 6.05. The highest BCUT2D eigenvalue weighted by molar-refractivity contribution is 7.92. The van der Waals surface area contributed by atoms with Crippen LogP contribution in [0.25, 0.3) is 11.1 Å². The number of hydrogen-bond acceptors (Lipinski definition) is 4. The highest BCUT2D eigenvalue weighted by Crippen LogP contribution is 2.28. The number of nitrogens with one attached hydrogen (secondary N) is 1. The molecule has 102 valence electrons. The van der Waals surface area contributed by atoms with Crippen LogP contribution in [0, 0.1) is 0 Å². The van der Waals surface area contributed by atoms with Gasteiger partial charge in [0.1, 0.15) is 0 Å². The normalized spacial score (nSPS) is 11.4. The van der Waals surface area contributed by atoms with Crippen LogP contribution >= 0.6 is 0 Å². The molecule has 0 aliphatic rings. The zero-order valence-corrected chi connectivity index (χ0v) is 11.5. The Kier molecular flexibility index (Phi) is 4.21. The van der Waals surface area contributed by atoms with Crippen LogP contribution in [0.15, 0.2) is 41.1 Å². The fourth-order valence-electron chi connectivity index (χ4n) is 1.66. The Labute approximate surface area is 112 Å². The third-order valence-electron chi connectivity index (χ3n) is 2.67. The average molecular weight is 280 g/mol. The molecule has 0 radical (unpaired) electrons. The second-order valence-electron chi connectivity index (χ2n) is 4.21. The van der Waals surface area contributed by atoms with Gasteiger partial charge < -0.3 is 4.52 Å². The van der Waals surface area contributed by atoms with E-state index in [1.807, 2.05) is 37.3 Å². The number of sulfonamides is 1. The molecule has 19 heavy (non-hydrogen) atoms. The molecule has 0 saturated carbocycles. The minimum atomic E-state index is -3.38. The van der Waals surface area contributed by atoms with E-state index in [4.69, 9.17) is 4.52 Å². The molecule has 0 bridgehead atoms. The van der Waals surface area contributed by atoms with Gasteiger partial charge in [-0.3, -0.25) is 4.72 Å². The molecule has 0 atom stereocenters. The van der Waals surface area contributed by atoms with Crippen LogP contribution in [0.5, 0.6) is 0 Å². The molecule has 1 aromatic carbocycles. The summed E-state index contributed by atoms with van der Waals surface area (Å²) in [6.45, 7) is 1.94. The summed E-state index contributed by atoms with van der Waals surface area (Å²) < 4.78 is 31.1. The van der Waals surface area contributed by atoms with E-state index in [9.17, 15) is 8.42 Å². The highest BCUT2D eigenvalue weighted by Gasteiger charge is 2.17. The number of benzene rings is 1. The minimum Gasteiger partial charge on any atom is -0.337 e. The number of unbranched alkanes of at least 4 members (excludes halogenated alkanes) is 1. The van der Waals surface area contributed by atoms with Crippen LogP contribution in [0.2, 0.25) is 0 Å². The smallest absolute Gasteiger partial charge is 0.245 e. The first-order valence-corrected chi connectivity index (χ1v) is 7.78. The number of anilines is 1. The molecule has 5 nitrogen and oxygen atoms in total. The number of hydrogen-bond donors (Lipinski definition) is 1. The SMILES string of the molecule is CCCCS(=O)(=O)Nc1oncc1-c1ccccc1. The first-order chi connectivity index (χ1) is 9.12. The molecule has 1 heterocycles. The van der Waals surface area contributed by atoms with Crippen molar-refractivity contribution in [3.63, 3.8) is 0 Å². The van der Waals surface area contributed by atoms with Crippen molar-refractivity contribution in [3.8, 4) is 11.1 Å². The largest absolute Gasteiger partial charge is 0.337 e. The third kappa shape index (κ3) is 3.57. The third-order valence-corrected chi connectivity index (χ3v) is 3.99. The van der Waals surface area contributed by atoms with Gasteiger partial charge in [0.15, 0.2) is 0 Å². The molecule has 6 heteroatoms. The van der Waals surface area contributed by atoms with Crippen molar-refractivity contribution in [1.29, 1.82) is 0 Å². The lowest BCUT2D eigenvalue weighted by Crippen LogP contribution is -2.16. The van der Waals surface area contributed by atoms with E-state index >= 15 is 0 Å². The van der Waals surface area contributed by atoms with Crippen molar-refractivity contribution in [2.45, 2.75) is 19.8 Å². The van der Waals surface area contributed by atoms with E-state index in [0.29, 0.717) is 12.0 Å². The highest BCUT2D eigenvalue weighted by atomic mass is 32.2. The molecule has 1 aromatic heterocycles. The standard InChI is InChI=1S/C13H16N2O3S/c1-2-3-9-19(16,17)15-13-12(10-14-18-13)11-7-5-4-6-8-11/h4-8,10,15H,2-3,9H2,1H3. The summed E-state index contributed by atoms with van der Waals surface area (Å²) in [6, 6.07) is 9.38. The van der Waals surface area contributed by atoms with Gasteiger partial charge in [0.2, 0.25) is 15.9 Å². The van der Waals surface area contributed by atoms with Gasteiger partial charge in [-0.2, -0.15) is 0 Å². The molecule has 0 amide bonds. The minimum absolute atomic E-state index is 0.0818. The van der Waals surface area contributed by atoms with Gasteiger partial charge in [0.05, 0.1) is 17.5 Å². The molecular weight excluding hydrogens is 264 g/mol. The molecule has 0 aliphatic heterocycles. The molecule has 0 unspecified atom stereocenters. The van der Waals surface area contributed by atoms with Crippen LogP contribution in [0.1, 0.15) is 19.8 Å². The summed E-state index contributed by atoms with van der Waals surface area (Å²) in [4.78, 5) is 0. The van der Waals surface area contributed by atoms with Gasteiger partial charge in [-0.1, -0.05) is 48.8 Å². The summed E-state index contributed by atoms with van der Waals surface area (Å²) in [5.74, 6) is 0.251. The van der Waals surface area contributed by atoms with Crippen LogP contribution in [-0.4, -0.2) is 19.3 Å². The zero-order chi connectivity index (χ0) is 13.7. The topological polar surface area (TPSA) is 72.2 Å². The maximum Gasteiger partial charge on any atom is 0.245 e. The van der Waals surface area contributed by atoms with E-state index < -0.39 is 10.0 Å². The fraction of sp³-hybridized carbons (Fsp3) is 0.308. The zero-order valence-electron chi connectivity index (χ0n) is 10.7. The summed E-state index contributed by atoms with van der Waals surface area (Å²) in [5.41, 5.74) is 1.50.